The third-order valence-electron chi connectivity index (χ3n) is 3.27. The SMILES string of the molecule is NC1CCN(CCc2cc(F)cc(F)c2)CC1. The summed E-state index contributed by atoms with van der Waals surface area (Å²) >= 11 is 0. The van der Waals surface area contributed by atoms with E-state index in [1.807, 2.05) is 0 Å². The third-order valence-corrected chi connectivity index (χ3v) is 3.27. The molecule has 94 valence electrons. The molecule has 2 rings (SSSR count). The summed E-state index contributed by atoms with van der Waals surface area (Å²) in [5.41, 5.74) is 6.54. The van der Waals surface area contributed by atoms with E-state index in [9.17, 15) is 8.78 Å². The van der Waals surface area contributed by atoms with E-state index < -0.39 is 11.6 Å². The lowest BCUT2D eigenvalue weighted by molar-refractivity contribution is 0.215. The van der Waals surface area contributed by atoms with E-state index >= 15 is 0 Å². The van der Waals surface area contributed by atoms with Crippen LogP contribution in [0.25, 0.3) is 0 Å². The highest BCUT2D eigenvalue weighted by molar-refractivity contribution is 5.18. The van der Waals surface area contributed by atoms with Gasteiger partial charge in [-0.15, -0.1) is 0 Å². The van der Waals surface area contributed by atoms with Gasteiger partial charge in [0.15, 0.2) is 0 Å². The van der Waals surface area contributed by atoms with Crippen LogP contribution in [-0.4, -0.2) is 30.6 Å². The van der Waals surface area contributed by atoms with E-state index in [4.69, 9.17) is 5.73 Å². The quantitative estimate of drug-likeness (QED) is 0.874. The molecule has 1 aromatic carbocycles. The lowest BCUT2D eigenvalue weighted by Crippen LogP contribution is -2.40. The highest BCUT2D eigenvalue weighted by atomic mass is 19.1. The fourth-order valence-electron chi connectivity index (χ4n) is 2.22. The number of nitrogens with zero attached hydrogens (tertiary/aromatic N) is 1. The molecule has 0 atom stereocenters. The van der Waals surface area contributed by atoms with Crippen molar-refractivity contribution in [1.29, 1.82) is 0 Å². The van der Waals surface area contributed by atoms with Gasteiger partial charge in [0.25, 0.3) is 0 Å². The van der Waals surface area contributed by atoms with Gasteiger partial charge in [-0.2, -0.15) is 0 Å². The topological polar surface area (TPSA) is 29.3 Å². The van der Waals surface area contributed by atoms with Crippen molar-refractivity contribution in [2.75, 3.05) is 19.6 Å². The standard InChI is InChI=1S/C13H18F2N2/c14-11-7-10(8-12(15)9-11)1-4-17-5-2-13(16)3-6-17/h7-9,13H,1-6,16H2. The van der Waals surface area contributed by atoms with Crippen LogP contribution in [0.1, 0.15) is 18.4 Å². The van der Waals surface area contributed by atoms with Gasteiger partial charge in [-0.25, -0.2) is 8.78 Å². The fourth-order valence-corrected chi connectivity index (χ4v) is 2.22. The molecule has 0 bridgehead atoms. The average Bonchev–Trinajstić information content (AvgIpc) is 2.27. The predicted octanol–water partition coefficient (Wildman–Crippen LogP) is 1.93. The first-order valence-electron chi connectivity index (χ1n) is 6.06. The number of halogens is 2. The summed E-state index contributed by atoms with van der Waals surface area (Å²) in [6.45, 7) is 2.81. The minimum Gasteiger partial charge on any atom is -0.328 e. The van der Waals surface area contributed by atoms with E-state index in [1.54, 1.807) is 0 Å². The Bertz CT molecular complexity index is 353. The number of hydrogen-bond acceptors (Lipinski definition) is 2. The maximum absolute atomic E-state index is 13.0. The Balaban J connectivity index is 1.85. The molecule has 1 saturated heterocycles. The summed E-state index contributed by atoms with van der Waals surface area (Å²) in [5.74, 6) is -0.999. The highest BCUT2D eigenvalue weighted by Gasteiger charge is 2.15. The van der Waals surface area contributed by atoms with Crippen LogP contribution >= 0.6 is 0 Å². The van der Waals surface area contributed by atoms with Gasteiger partial charge in [-0.3, -0.25) is 0 Å². The second-order valence-corrected chi connectivity index (χ2v) is 4.71. The third kappa shape index (κ3) is 3.75. The van der Waals surface area contributed by atoms with Gasteiger partial charge in [-0.1, -0.05) is 0 Å². The smallest absolute Gasteiger partial charge is 0.126 e. The first-order chi connectivity index (χ1) is 8.13. The maximum Gasteiger partial charge on any atom is 0.126 e. The van der Waals surface area contributed by atoms with Crippen LogP contribution in [0.3, 0.4) is 0 Å². The molecule has 0 unspecified atom stereocenters. The lowest BCUT2D eigenvalue weighted by Gasteiger charge is -2.29. The monoisotopic (exact) mass is 240 g/mol. The van der Waals surface area contributed by atoms with Crippen molar-refractivity contribution in [3.63, 3.8) is 0 Å². The molecule has 0 amide bonds. The first kappa shape index (κ1) is 12.5. The van der Waals surface area contributed by atoms with Crippen molar-refractivity contribution in [3.8, 4) is 0 Å². The van der Waals surface area contributed by atoms with Crippen LogP contribution in [0.5, 0.6) is 0 Å². The van der Waals surface area contributed by atoms with Gasteiger partial charge in [0, 0.05) is 18.7 Å². The lowest BCUT2D eigenvalue weighted by atomic mass is 10.1. The van der Waals surface area contributed by atoms with Crippen LogP contribution in [0, 0.1) is 11.6 Å². The summed E-state index contributed by atoms with van der Waals surface area (Å²) < 4.78 is 25.9. The molecule has 1 heterocycles. The molecule has 0 aliphatic carbocycles. The van der Waals surface area contributed by atoms with Crippen molar-refractivity contribution >= 4 is 0 Å². The first-order valence-corrected chi connectivity index (χ1v) is 6.06. The Labute approximate surface area is 100 Å². The average molecular weight is 240 g/mol. The van der Waals surface area contributed by atoms with Crippen LogP contribution in [0.4, 0.5) is 8.78 Å². The molecule has 4 heteroatoms. The Kier molecular flexibility index (Phi) is 4.07. The molecule has 1 aliphatic heterocycles. The van der Waals surface area contributed by atoms with Crippen molar-refractivity contribution < 1.29 is 8.78 Å². The molecular formula is C13H18F2N2. The predicted molar refractivity (Wildman–Crippen MR) is 63.7 cm³/mol. The van der Waals surface area contributed by atoms with Crippen LogP contribution in [0.15, 0.2) is 18.2 Å². The van der Waals surface area contributed by atoms with Gasteiger partial charge < -0.3 is 10.6 Å². The maximum atomic E-state index is 13.0. The van der Waals surface area contributed by atoms with Crippen molar-refractivity contribution in [2.24, 2.45) is 5.73 Å². The number of benzene rings is 1. The van der Waals surface area contributed by atoms with E-state index in [2.05, 4.69) is 4.90 Å². The van der Waals surface area contributed by atoms with E-state index in [0.717, 1.165) is 44.1 Å². The summed E-state index contributed by atoms with van der Waals surface area (Å²) in [4.78, 5) is 2.30. The number of piperidine rings is 1. The number of likely N-dealkylation sites (tertiary alicyclic amines) is 1. The van der Waals surface area contributed by atoms with Crippen LogP contribution in [-0.2, 0) is 6.42 Å². The van der Waals surface area contributed by atoms with Gasteiger partial charge in [0.2, 0.25) is 0 Å². The largest absolute Gasteiger partial charge is 0.328 e. The molecule has 0 radical (unpaired) electrons. The molecule has 2 nitrogen and oxygen atoms in total. The van der Waals surface area contributed by atoms with Crippen LogP contribution < -0.4 is 5.73 Å². The minimum atomic E-state index is -0.499. The van der Waals surface area contributed by atoms with Gasteiger partial charge in [-0.05, 0) is 50.0 Å². The summed E-state index contributed by atoms with van der Waals surface area (Å²) in [6, 6.07) is 4.03. The zero-order chi connectivity index (χ0) is 12.3. The van der Waals surface area contributed by atoms with Gasteiger partial charge in [0.05, 0.1) is 0 Å². The molecule has 2 N–H and O–H groups in total. The molecule has 17 heavy (non-hydrogen) atoms. The highest BCUT2D eigenvalue weighted by Crippen LogP contribution is 2.12. The second-order valence-electron chi connectivity index (χ2n) is 4.71. The van der Waals surface area contributed by atoms with E-state index in [1.165, 1.54) is 12.1 Å². The minimum absolute atomic E-state index is 0.317. The number of nitrogens with two attached hydrogens (primary N) is 1. The molecule has 1 aromatic rings. The fraction of sp³-hybridized carbons (Fsp3) is 0.538. The molecule has 0 spiro atoms. The molecule has 1 aliphatic rings. The van der Waals surface area contributed by atoms with Crippen molar-refractivity contribution in [3.05, 3.63) is 35.4 Å². The van der Waals surface area contributed by atoms with E-state index in [-0.39, 0.29) is 0 Å². The van der Waals surface area contributed by atoms with Gasteiger partial charge in [0.1, 0.15) is 11.6 Å². The number of hydrogen-bond donors (Lipinski definition) is 1. The summed E-state index contributed by atoms with van der Waals surface area (Å²) in [7, 11) is 0. The summed E-state index contributed by atoms with van der Waals surface area (Å²) in [6.07, 6.45) is 2.71. The zero-order valence-corrected chi connectivity index (χ0v) is 9.83. The molecule has 0 saturated carbocycles. The van der Waals surface area contributed by atoms with Crippen molar-refractivity contribution in [1.82, 2.24) is 4.90 Å². The van der Waals surface area contributed by atoms with E-state index in [0.29, 0.717) is 12.5 Å². The Morgan fingerprint density at radius 3 is 2.29 bits per heavy atom. The molecule has 0 aromatic heterocycles. The molecule has 1 fully saturated rings. The normalized spacial score (nSPS) is 18.5. The van der Waals surface area contributed by atoms with Crippen LogP contribution in [0.2, 0.25) is 0 Å². The zero-order valence-electron chi connectivity index (χ0n) is 9.83. The molecular weight excluding hydrogens is 222 g/mol. The van der Waals surface area contributed by atoms with Crippen molar-refractivity contribution in [2.45, 2.75) is 25.3 Å². The Hall–Kier alpha value is -1.00. The number of rotatable bonds is 3. The Morgan fingerprint density at radius 2 is 1.71 bits per heavy atom. The summed E-state index contributed by atoms with van der Waals surface area (Å²) in [5, 5.41) is 0. The van der Waals surface area contributed by atoms with Gasteiger partial charge >= 0.3 is 0 Å². The Morgan fingerprint density at radius 1 is 1.12 bits per heavy atom. The second kappa shape index (κ2) is 5.56.